The first-order valence-electron chi connectivity index (χ1n) is 6.04. The van der Waals surface area contributed by atoms with E-state index in [2.05, 4.69) is 14.8 Å². The Kier molecular flexibility index (Phi) is 5.79. The van der Waals surface area contributed by atoms with Gasteiger partial charge in [-0.05, 0) is 0 Å². The summed E-state index contributed by atoms with van der Waals surface area (Å²) in [6.45, 7) is -3.07. The number of esters is 2. The quantitative estimate of drug-likeness (QED) is 0.455. The van der Waals surface area contributed by atoms with Crippen molar-refractivity contribution in [3.8, 4) is 0 Å². The van der Waals surface area contributed by atoms with E-state index in [1.807, 2.05) is 0 Å². The second kappa shape index (κ2) is 6.86. The number of rotatable bonds is 4. The lowest BCUT2D eigenvalue weighted by atomic mass is 10.3. The van der Waals surface area contributed by atoms with Crippen LogP contribution in [0.25, 0.3) is 0 Å². The van der Waals surface area contributed by atoms with Crippen LogP contribution in [0.5, 0.6) is 0 Å². The van der Waals surface area contributed by atoms with Crippen molar-refractivity contribution in [2.75, 3.05) is 32.9 Å². The van der Waals surface area contributed by atoms with Gasteiger partial charge in [-0.15, -0.1) is 0 Å². The van der Waals surface area contributed by atoms with E-state index in [1.54, 1.807) is 0 Å². The van der Waals surface area contributed by atoms with Crippen LogP contribution in [0, 0.1) is 0 Å². The Morgan fingerprint density at radius 1 is 1.04 bits per heavy atom. The molecule has 134 valence electrons. The highest BCUT2D eigenvalue weighted by Gasteiger charge is 2.55. The summed E-state index contributed by atoms with van der Waals surface area (Å²) in [5.41, 5.74) is 0. The van der Waals surface area contributed by atoms with Gasteiger partial charge in [0, 0.05) is 19.6 Å². The molecule has 1 rings (SSSR count). The molecule has 23 heavy (non-hydrogen) atoms. The minimum absolute atomic E-state index is 0.0366. The van der Waals surface area contributed by atoms with Crippen molar-refractivity contribution in [2.24, 2.45) is 0 Å². The minimum atomic E-state index is -5.55. The predicted molar refractivity (Wildman–Crippen MR) is 57.4 cm³/mol. The van der Waals surface area contributed by atoms with Crippen LogP contribution in [0.2, 0.25) is 0 Å². The lowest BCUT2D eigenvalue weighted by Gasteiger charge is -2.44. The first-order chi connectivity index (χ1) is 10.4. The maximum Gasteiger partial charge on any atom is 0.491 e. The number of alkyl halides is 7. The molecule has 1 heterocycles. The third-order valence-electron chi connectivity index (χ3n) is 2.71. The van der Waals surface area contributed by atoms with E-state index in [4.69, 9.17) is 0 Å². The average molecular weight is 356 g/mol. The van der Waals surface area contributed by atoms with E-state index in [1.165, 1.54) is 0 Å². The summed E-state index contributed by atoms with van der Waals surface area (Å²) in [6, 6.07) is 0. The zero-order valence-electron chi connectivity index (χ0n) is 11.3. The SMILES string of the molecule is O=C(OC1(OC(=O)C(F)(F)F)CNCCN1CCF)C(F)(F)F. The fraction of sp³-hybridized carbons (Fsp3) is 0.800. The summed E-state index contributed by atoms with van der Waals surface area (Å²) in [6.07, 6.45) is -11.1. The summed E-state index contributed by atoms with van der Waals surface area (Å²) < 4.78 is 94.3. The lowest BCUT2D eigenvalue weighted by molar-refractivity contribution is -0.319. The van der Waals surface area contributed by atoms with Crippen LogP contribution >= 0.6 is 0 Å². The van der Waals surface area contributed by atoms with E-state index in [-0.39, 0.29) is 13.1 Å². The Hall–Kier alpha value is -1.63. The highest BCUT2D eigenvalue weighted by molar-refractivity contribution is 5.78. The molecule has 0 aliphatic carbocycles. The van der Waals surface area contributed by atoms with Crippen molar-refractivity contribution in [3.63, 3.8) is 0 Å². The zero-order chi connectivity index (χ0) is 17.9. The van der Waals surface area contributed by atoms with Gasteiger partial charge in [0.05, 0.1) is 6.54 Å². The number of carbonyl (C=O) groups is 2. The number of hydrogen-bond donors (Lipinski definition) is 1. The maximum absolute atomic E-state index is 12.5. The first kappa shape index (κ1) is 19.4. The molecule has 1 saturated heterocycles. The monoisotopic (exact) mass is 356 g/mol. The Balaban J connectivity index is 3.12. The maximum atomic E-state index is 12.5. The Morgan fingerprint density at radius 2 is 1.52 bits per heavy atom. The van der Waals surface area contributed by atoms with Gasteiger partial charge in [-0.25, -0.2) is 18.9 Å². The number of hydrogen-bond acceptors (Lipinski definition) is 6. The molecular weight excluding hydrogens is 345 g/mol. The molecule has 1 N–H and O–H groups in total. The van der Waals surface area contributed by atoms with Crippen molar-refractivity contribution in [3.05, 3.63) is 0 Å². The van der Waals surface area contributed by atoms with E-state index in [9.17, 15) is 40.3 Å². The summed E-state index contributed by atoms with van der Waals surface area (Å²) in [5.74, 6) is -8.80. The summed E-state index contributed by atoms with van der Waals surface area (Å²) in [7, 11) is 0. The van der Waals surface area contributed by atoms with Crippen molar-refractivity contribution >= 4 is 11.9 Å². The van der Waals surface area contributed by atoms with Gasteiger partial charge in [0.25, 0.3) is 0 Å². The van der Waals surface area contributed by atoms with Gasteiger partial charge in [0.1, 0.15) is 6.67 Å². The van der Waals surface area contributed by atoms with E-state index < -0.39 is 50.0 Å². The van der Waals surface area contributed by atoms with Crippen LogP contribution < -0.4 is 5.32 Å². The number of piperazine rings is 1. The molecule has 1 aliphatic rings. The molecule has 0 amide bonds. The lowest BCUT2D eigenvalue weighted by Crippen LogP contribution is -2.67. The molecule has 6 nitrogen and oxygen atoms in total. The molecule has 0 radical (unpaired) electrons. The molecule has 0 aromatic carbocycles. The largest absolute Gasteiger partial charge is 0.491 e. The molecule has 0 unspecified atom stereocenters. The number of nitrogens with one attached hydrogen (secondary N) is 1. The topological polar surface area (TPSA) is 67.9 Å². The van der Waals surface area contributed by atoms with Gasteiger partial charge < -0.3 is 14.8 Å². The Labute approximate surface area is 124 Å². The molecule has 0 spiro atoms. The van der Waals surface area contributed by atoms with Crippen LogP contribution in [-0.2, 0) is 19.1 Å². The number of ether oxygens (including phenoxy) is 2. The summed E-state index contributed by atoms with van der Waals surface area (Å²) in [4.78, 5) is 22.5. The van der Waals surface area contributed by atoms with Gasteiger partial charge in [-0.1, -0.05) is 0 Å². The molecule has 0 bridgehead atoms. The van der Waals surface area contributed by atoms with Crippen molar-refractivity contribution in [1.82, 2.24) is 10.2 Å². The third kappa shape index (κ3) is 4.92. The predicted octanol–water partition coefficient (Wildman–Crippen LogP) is 0.726. The summed E-state index contributed by atoms with van der Waals surface area (Å²) in [5, 5.41) is 2.32. The molecule has 0 atom stereocenters. The van der Waals surface area contributed by atoms with Crippen molar-refractivity contribution in [1.29, 1.82) is 0 Å². The third-order valence-corrected chi connectivity index (χ3v) is 2.71. The molecule has 1 fully saturated rings. The Morgan fingerprint density at radius 3 is 1.91 bits per heavy atom. The van der Waals surface area contributed by atoms with Crippen LogP contribution in [-0.4, -0.2) is 68.0 Å². The smallest absolute Gasteiger partial charge is 0.400 e. The van der Waals surface area contributed by atoms with Gasteiger partial charge >= 0.3 is 30.2 Å². The van der Waals surface area contributed by atoms with Crippen LogP contribution in [0.1, 0.15) is 0 Å². The van der Waals surface area contributed by atoms with Gasteiger partial charge in [-0.2, -0.15) is 26.3 Å². The molecule has 0 aromatic rings. The van der Waals surface area contributed by atoms with Crippen LogP contribution in [0.15, 0.2) is 0 Å². The molecule has 1 aliphatic heterocycles. The van der Waals surface area contributed by atoms with E-state index >= 15 is 0 Å². The van der Waals surface area contributed by atoms with Gasteiger partial charge in [0.15, 0.2) is 0 Å². The normalized spacial score (nSPS) is 19.3. The zero-order valence-corrected chi connectivity index (χ0v) is 11.3. The fourth-order valence-corrected chi connectivity index (χ4v) is 1.75. The molecule has 13 heteroatoms. The van der Waals surface area contributed by atoms with Crippen LogP contribution in [0.4, 0.5) is 30.7 Å². The highest BCUT2D eigenvalue weighted by Crippen LogP contribution is 2.29. The number of halogens is 7. The average Bonchev–Trinajstić information content (AvgIpc) is 2.39. The Bertz CT molecular complexity index is 421. The van der Waals surface area contributed by atoms with Crippen molar-refractivity contribution in [2.45, 2.75) is 18.3 Å². The van der Waals surface area contributed by atoms with Gasteiger partial charge in [-0.3, -0.25) is 0 Å². The molecule has 0 saturated carbocycles. The molecular formula is C10H11F7N2O4. The standard InChI is InChI=1S/C10H11F7N2O4/c11-1-3-19-4-2-18-5-8(19,22-6(20)9(12,13)14)23-7(21)10(15,16)17/h18H,1-5H2. The second-order valence-corrected chi connectivity index (χ2v) is 4.34. The van der Waals surface area contributed by atoms with Crippen molar-refractivity contribution < 1.29 is 49.8 Å². The number of nitrogens with zero attached hydrogens (tertiary/aromatic N) is 1. The van der Waals surface area contributed by atoms with E-state index in [0.717, 1.165) is 0 Å². The highest BCUT2D eigenvalue weighted by atomic mass is 19.4. The molecule has 0 aromatic heterocycles. The summed E-state index contributed by atoms with van der Waals surface area (Å²) >= 11 is 0. The van der Waals surface area contributed by atoms with Crippen LogP contribution in [0.3, 0.4) is 0 Å². The fourth-order valence-electron chi connectivity index (χ4n) is 1.75. The minimum Gasteiger partial charge on any atom is -0.400 e. The van der Waals surface area contributed by atoms with E-state index in [0.29, 0.717) is 4.90 Å². The first-order valence-corrected chi connectivity index (χ1v) is 6.04. The van der Waals surface area contributed by atoms with Gasteiger partial charge in [0.2, 0.25) is 0 Å². The second-order valence-electron chi connectivity index (χ2n) is 4.34. The number of carbonyl (C=O) groups excluding carboxylic acids is 2.